The first-order valence-corrected chi connectivity index (χ1v) is 5.28. The molecule has 90 valence electrons. The minimum Gasteiger partial charge on any atom is -0.481 e. The molecule has 0 aliphatic carbocycles. The number of amides is 1. The zero-order valence-corrected chi connectivity index (χ0v) is 9.42. The molecule has 5 heteroatoms. The van der Waals surface area contributed by atoms with E-state index in [1.54, 1.807) is 7.05 Å². The second kappa shape index (κ2) is 4.55. The maximum Gasteiger partial charge on any atom is 0.306 e. The van der Waals surface area contributed by atoms with Crippen molar-refractivity contribution in [3.8, 4) is 0 Å². The molecule has 1 aliphatic rings. The fourth-order valence-electron chi connectivity index (χ4n) is 1.86. The number of carbonyl (C=O) groups excluding carboxylic acids is 1. The summed E-state index contributed by atoms with van der Waals surface area (Å²) >= 11 is 0. The molecule has 5 nitrogen and oxygen atoms in total. The molecule has 1 aliphatic heterocycles. The summed E-state index contributed by atoms with van der Waals surface area (Å²) in [5.41, 5.74) is 1.65. The number of benzene rings is 1. The van der Waals surface area contributed by atoms with Crippen LogP contribution in [0.5, 0.6) is 0 Å². The lowest BCUT2D eigenvalue weighted by Crippen LogP contribution is -2.37. The SMILES string of the molecule is CN1C(=O)C(CC(=O)O)OCc2ccccc21. The maximum absolute atomic E-state index is 12.0. The number of carbonyl (C=O) groups is 2. The summed E-state index contributed by atoms with van der Waals surface area (Å²) in [7, 11) is 1.63. The standard InChI is InChI=1S/C12H13NO4/c1-13-9-5-3-2-4-8(9)7-17-10(12(13)16)6-11(14)15/h2-5,10H,6-7H2,1H3,(H,14,15). The Hall–Kier alpha value is -1.88. The van der Waals surface area contributed by atoms with Gasteiger partial charge in [-0.1, -0.05) is 18.2 Å². The van der Waals surface area contributed by atoms with Crippen LogP contribution in [-0.2, 0) is 20.9 Å². The molecule has 0 saturated heterocycles. The molecule has 17 heavy (non-hydrogen) atoms. The normalized spacial score (nSPS) is 19.7. The predicted octanol–water partition coefficient (Wildman–Crippen LogP) is 1.02. The second-order valence-electron chi connectivity index (χ2n) is 3.92. The van der Waals surface area contributed by atoms with Gasteiger partial charge in [-0.3, -0.25) is 9.59 Å². The first-order chi connectivity index (χ1) is 8.09. The summed E-state index contributed by atoms with van der Waals surface area (Å²) in [5.74, 6) is -1.36. The van der Waals surface area contributed by atoms with E-state index in [2.05, 4.69) is 0 Å². The monoisotopic (exact) mass is 235 g/mol. The topological polar surface area (TPSA) is 66.8 Å². The minimum absolute atomic E-state index is 0.254. The third kappa shape index (κ3) is 2.29. The van der Waals surface area contributed by atoms with Gasteiger partial charge in [-0.2, -0.15) is 0 Å². The Labute approximate surface area is 98.6 Å². The van der Waals surface area contributed by atoms with Gasteiger partial charge in [0.05, 0.1) is 13.0 Å². The van der Waals surface area contributed by atoms with E-state index >= 15 is 0 Å². The van der Waals surface area contributed by atoms with E-state index in [1.807, 2.05) is 24.3 Å². The number of hydrogen-bond acceptors (Lipinski definition) is 3. The number of ether oxygens (including phenoxy) is 1. The van der Waals surface area contributed by atoms with Gasteiger partial charge in [-0.05, 0) is 6.07 Å². The molecule has 0 radical (unpaired) electrons. The smallest absolute Gasteiger partial charge is 0.306 e. The highest BCUT2D eigenvalue weighted by Crippen LogP contribution is 2.25. The van der Waals surface area contributed by atoms with Crippen molar-refractivity contribution in [2.24, 2.45) is 0 Å². The quantitative estimate of drug-likeness (QED) is 0.831. The molecule has 1 N–H and O–H groups in total. The number of anilines is 1. The molecule has 2 rings (SSSR count). The van der Waals surface area contributed by atoms with Gasteiger partial charge in [0, 0.05) is 18.3 Å². The number of aliphatic carboxylic acids is 1. The van der Waals surface area contributed by atoms with Crippen LogP contribution in [0.4, 0.5) is 5.69 Å². The van der Waals surface area contributed by atoms with Gasteiger partial charge < -0.3 is 14.7 Å². The molecule has 1 heterocycles. The van der Waals surface area contributed by atoms with Gasteiger partial charge in [-0.25, -0.2) is 0 Å². The van der Waals surface area contributed by atoms with Crippen molar-refractivity contribution in [3.05, 3.63) is 29.8 Å². The summed E-state index contributed by atoms with van der Waals surface area (Å²) in [6, 6.07) is 7.38. The number of likely N-dealkylation sites (N-methyl/N-ethyl adjacent to an activating group) is 1. The fourth-order valence-corrected chi connectivity index (χ4v) is 1.86. The molecular weight excluding hydrogens is 222 g/mol. The molecule has 0 fully saturated rings. The average Bonchev–Trinajstić information content (AvgIpc) is 2.42. The van der Waals surface area contributed by atoms with Crippen molar-refractivity contribution in [1.82, 2.24) is 0 Å². The van der Waals surface area contributed by atoms with Crippen LogP contribution in [-0.4, -0.2) is 30.1 Å². The molecule has 0 spiro atoms. The van der Waals surface area contributed by atoms with Gasteiger partial charge in [0.25, 0.3) is 5.91 Å². The van der Waals surface area contributed by atoms with Gasteiger partial charge >= 0.3 is 5.97 Å². The Morgan fingerprint density at radius 3 is 2.94 bits per heavy atom. The van der Waals surface area contributed by atoms with Crippen molar-refractivity contribution in [2.75, 3.05) is 11.9 Å². The zero-order chi connectivity index (χ0) is 12.4. The molecule has 1 aromatic carbocycles. The Morgan fingerprint density at radius 1 is 1.53 bits per heavy atom. The van der Waals surface area contributed by atoms with E-state index in [0.717, 1.165) is 11.3 Å². The van der Waals surface area contributed by atoms with Crippen molar-refractivity contribution in [3.63, 3.8) is 0 Å². The van der Waals surface area contributed by atoms with Crippen LogP contribution in [0.3, 0.4) is 0 Å². The largest absolute Gasteiger partial charge is 0.481 e. The third-order valence-electron chi connectivity index (χ3n) is 2.76. The predicted molar refractivity (Wildman–Crippen MR) is 60.7 cm³/mol. The van der Waals surface area contributed by atoms with Crippen LogP contribution in [0, 0.1) is 0 Å². The van der Waals surface area contributed by atoms with Crippen LogP contribution in [0.15, 0.2) is 24.3 Å². The van der Waals surface area contributed by atoms with Gasteiger partial charge in [0.2, 0.25) is 0 Å². The lowest BCUT2D eigenvalue weighted by Gasteiger charge is -2.19. The van der Waals surface area contributed by atoms with Crippen LogP contribution >= 0.6 is 0 Å². The van der Waals surface area contributed by atoms with Crippen molar-refractivity contribution in [2.45, 2.75) is 19.1 Å². The van der Waals surface area contributed by atoms with Crippen LogP contribution in [0.2, 0.25) is 0 Å². The number of para-hydroxylation sites is 1. The average molecular weight is 235 g/mol. The molecule has 1 aromatic rings. The van der Waals surface area contributed by atoms with Crippen LogP contribution in [0.25, 0.3) is 0 Å². The Morgan fingerprint density at radius 2 is 2.24 bits per heavy atom. The van der Waals surface area contributed by atoms with E-state index in [1.165, 1.54) is 4.90 Å². The second-order valence-corrected chi connectivity index (χ2v) is 3.92. The first kappa shape index (κ1) is 11.6. The van der Waals surface area contributed by atoms with Crippen LogP contribution < -0.4 is 4.90 Å². The lowest BCUT2D eigenvalue weighted by molar-refractivity contribution is -0.145. The Balaban J connectivity index is 2.29. The summed E-state index contributed by atoms with van der Waals surface area (Å²) in [6.45, 7) is 0.254. The molecule has 1 unspecified atom stereocenters. The van der Waals surface area contributed by atoms with Crippen molar-refractivity contribution < 1.29 is 19.4 Å². The molecule has 0 saturated carbocycles. The van der Waals surface area contributed by atoms with Crippen molar-refractivity contribution in [1.29, 1.82) is 0 Å². The molecular formula is C12H13NO4. The first-order valence-electron chi connectivity index (χ1n) is 5.28. The minimum atomic E-state index is -1.04. The third-order valence-corrected chi connectivity index (χ3v) is 2.76. The number of hydrogen-bond donors (Lipinski definition) is 1. The summed E-state index contributed by atoms with van der Waals surface area (Å²) in [6.07, 6.45) is -1.22. The van der Waals surface area contributed by atoms with Crippen molar-refractivity contribution >= 4 is 17.6 Å². The highest BCUT2D eigenvalue weighted by molar-refractivity contribution is 5.98. The molecule has 0 aromatic heterocycles. The number of fused-ring (bicyclic) bond motifs is 1. The zero-order valence-electron chi connectivity index (χ0n) is 9.42. The maximum atomic E-state index is 12.0. The van der Waals surface area contributed by atoms with E-state index in [0.29, 0.717) is 0 Å². The fraction of sp³-hybridized carbons (Fsp3) is 0.333. The number of carboxylic acids is 1. The van der Waals surface area contributed by atoms with Gasteiger partial charge in [-0.15, -0.1) is 0 Å². The number of carboxylic acid groups (broad SMARTS) is 1. The molecule has 1 atom stereocenters. The molecule has 1 amide bonds. The van der Waals surface area contributed by atoms with E-state index in [4.69, 9.17) is 9.84 Å². The lowest BCUT2D eigenvalue weighted by atomic mass is 10.1. The molecule has 0 bridgehead atoms. The summed E-state index contributed by atoms with van der Waals surface area (Å²) in [4.78, 5) is 24.1. The Bertz CT molecular complexity index is 458. The Kier molecular flexibility index (Phi) is 3.10. The van der Waals surface area contributed by atoms with Gasteiger partial charge in [0.1, 0.15) is 6.10 Å². The van der Waals surface area contributed by atoms with E-state index in [-0.39, 0.29) is 18.9 Å². The highest BCUT2D eigenvalue weighted by atomic mass is 16.5. The van der Waals surface area contributed by atoms with E-state index in [9.17, 15) is 9.59 Å². The summed E-state index contributed by atoms with van der Waals surface area (Å²) in [5, 5.41) is 8.73. The number of rotatable bonds is 2. The number of nitrogens with zero attached hydrogens (tertiary/aromatic N) is 1. The highest BCUT2D eigenvalue weighted by Gasteiger charge is 2.30. The van der Waals surface area contributed by atoms with Crippen LogP contribution in [0.1, 0.15) is 12.0 Å². The van der Waals surface area contributed by atoms with E-state index < -0.39 is 12.1 Å². The summed E-state index contributed by atoms with van der Waals surface area (Å²) < 4.78 is 5.35. The van der Waals surface area contributed by atoms with Gasteiger partial charge in [0.15, 0.2) is 0 Å².